The van der Waals surface area contributed by atoms with Crippen LogP contribution in [-0.2, 0) is 0 Å². The minimum atomic E-state index is -1.07. The van der Waals surface area contributed by atoms with Crippen LogP contribution in [0.3, 0.4) is 0 Å². The van der Waals surface area contributed by atoms with Crippen molar-refractivity contribution in [2.24, 2.45) is 11.3 Å². The number of benzene rings is 2. The molecule has 0 bridgehead atoms. The van der Waals surface area contributed by atoms with Gasteiger partial charge in [-0.25, -0.2) is 4.79 Å². The number of rotatable bonds is 6. The number of carboxylic acid groups (broad SMARTS) is 1. The number of aromatic carboxylic acids is 1. The van der Waals surface area contributed by atoms with E-state index in [-0.39, 0.29) is 11.1 Å². The van der Waals surface area contributed by atoms with Gasteiger partial charge in [0.25, 0.3) is 0 Å². The Kier molecular flexibility index (Phi) is 5.49. The zero-order valence-corrected chi connectivity index (χ0v) is 21.9. The van der Waals surface area contributed by atoms with E-state index < -0.39 is 5.97 Å². The third kappa shape index (κ3) is 4.05. The molecule has 192 valence electrons. The Morgan fingerprint density at radius 3 is 2.68 bits per heavy atom. The van der Waals surface area contributed by atoms with Crippen LogP contribution in [0.2, 0.25) is 10.0 Å². The predicted molar refractivity (Wildman–Crippen MR) is 147 cm³/mol. The summed E-state index contributed by atoms with van der Waals surface area (Å²) in [5, 5.41) is 23.5. The Bertz CT molecular complexity index is 1610. The number of allylic oxidation sites excluding steroid dienone is 1. The van der Waals surface area contributed by atoms with E-state index in [1.165, 1.54) is 0 Å². The van der Waals surface area contributed by atoms with Gasteiger partial charge >= 0.3 is 5.97 Å². The van der Waals surface area contributed by atoms with Crippen molar-refractivity contribution in [3.8, 4) is 11.3 Å². The highest BCUT2D eigenvalue weighted by molar-refractivity contribution is 6.39. The van der Waals surface area contributed by atoms with Crippen LogP contribution in [0.25, 0.3) is 28.2 Å². The molecule has 9 heteroatoms. The summed E-state index contributed by atoms with van der Waals surface area (Å²) in [6.45, 7) is 1.88. The molecule has 2 aliphatic carbocycles. The second-order valence-electron chi connectivity index (χ2n) is 10.6. The lowest BCUT2D eigenvalue weighted by Crippen LogP contribution is -2.34. The van der Waals surface area contributed by atoms with Gasteiger partial charge in [-0.15, -0.1) is 10.2 Å². The fourth-order valence-electron chi connectivity index (χ4n) is 5.77. The van der Waals surface area contributed by atoms with Crippen molar-refractivity contribution in [3.05, 3.63) is 75.6 Å². The zero-order valence-electron chi connectivity index (χ0n) is 20.4. The van der Waals surface area contributed by atoms with E-state index in [9.17, 15) is 9.90 Å². The van der Waals surface area contributed by atoms with Crippen molar-refractivity contribution < 1.29 is 14.4 Å². The van der Waals surface area contributed by atoms with Crippen LogP contribution in [0.5, 0.6) is 0 Å². The first kappa shape index (κ1) is 23.7. The first-order chi connectivity index (χ1) is 18.4. The summed E-state index contributed by atoms with van der Waals surface area (Å²) in [6.07, 6.45) is 8.97. The van der Waals surface area contributed by atoms with Crippen molar-refractivity contribution in [2.75, 3.05) is 18.0 Å². The fraction of sp³-hybridized carbons (Fsp3) is 0.310. The molecule has 2 saturated carbocycles. The van der Waals surface area contributed by atoms with Crippen molar-refractivity contribution in [3.63, 3.8) is 0 Å². The van der Waals surface area contributed by atoms with E-state index in [1.807, 2.05) is 36.4 Å². The number of anilines is 1. The largest absolute Gasteiger partial charge is 0.476 e. The Morgan fingerprint density at radius 1 is 1.13 bits per heavy atom. The summed E-state index contributed by atoms with van der Waals surface area (Å²) in [7, 11) is 0. The molecule has 7 rings (SSSR count). The van der Waals surface area contributed by atoms with Gasteiger partial charge in [0.2, 0.25) is 0 Å². The molecule has 4 aromatic rings. The van der Waals surface area contributed by atoms with Gasteiger partial charge in [0.1, 0.15) is 11.5 Å². The van der Waals surface area contributed by atoms with E-state index in [4.69, 9.17) is 27.7 Å². The summed E-state index contributed by atoms with van der Waals surface area (Å²) in [5.74, 6) is 0.825. The Hall–Kier alpha value is -3.42. The zero-order chi connectivity index (χ0) is 26.0. The quantitative estimate of drug-likeness (QED) is 0.275. The molecule has 38 heavy (non-hydrogen) atoms. The molecular weight excluding hydrogens is 523 g/mol. The number of hydrogen-bond acceptors (Lipinski definition) is 6. The van der Waals surface area contributed by atoms with Crippen LogP contribution >= 0.6 is 23.2 Å². The number of aromatic nitrogens is 3. The van der Waals surface area contributed by atoms with Crippen LogP contribution in [0.1, 0.15) is 53.4 Å². The second kappa shape index (κ2) is 8.82. The molecule has 3 heterocycles. The van der Waals surface area contributed by atoms with Crippen molar-refractivity contribution in [1.29, 1.82) is 0 Å². The monoisotopic (exact) mass is 546 g/mol. The van der Waals surface area contributed by atoms with Crippen molar-refractivity contribution >= 4 is 51.8 Å². The number of fused-ring (bicyclic) bond motifs is 2. The molecule has 0 spiro atoms. The number of halogens is 2. The van der Waals surface area contributed by atoms with Crippen LogP contribution in [-0.4, -0.2) is 39.5 Å². The normalized spacial score (nSPS) is 22.7. The third-order valence-corrected chi connectivity index (χ3v) is 8.84. The van der Waals surface area contributed by atoms with E-state index in [0.29, 0.717) is 33.1 Å². The Labute approximate surface area is 229 Å². The molecule has 1 aliphatic heterocycles. The lowest BCUT2D eigenvalue weighted by atomic mass is 9.92. The average Bonchev–Trinajstić information content (AvgIpc) is 3.84. The summed E-state index contributed by atoms with van der Waals surface area (Å²) < 4.78 is 5.83. The lowest BCUT2D eigenvalue weighted by Gasteiger charge is -2.32. The third-order valence-electron chi connectivity index (χ3n) is 8.21. The van der Waals surface area contributed by atoms with Gasteiger partial charge in [0.15, 0.2) is 5.69 Å². The van der Waals surface area contributed by atoms with Crippen LogP contribution < -0.4 is 4.90 Å². The van der Waals surface area contributed by atoms with E-state index in [0.717, 1.165) is 66.7 Å². The minimum absolute atomic E-state index is 0.0459. The highest BCUT2D eigenvalue weighted by Gasteiger charge is 2.54. The minimum Gasteiger partial charge on any atom is -0.476 e. The average molecular weight is 547 g/mol. The molecule has 1 saturated heterocycles. The van der Waals surface area contributed by atoms with Crippen molar-refractivity contribution in [2.45, 2.75) is 31.6 Å². The number of hydrogen-bond donors (Lipinski definition) is 1. The predicted octanol–water partition coefficient (Wildman–Crippen LogP) is 7.10. The van der Waals surface area contributed by atoms with Crippen LogP contribution in [0.4, 0.5) is 5.69 Å². The molecule has 3 fully saturated rings. The number of carboxylic acids is 1. The molecule has 2 atom stereocenters. The maximum absolute atomic E-state index is 11.2. The highest BCUT2D eigenvalue weighted by atomic mass is 35.5. The van der Waals surface area contributed by atoms with Gasteiger partial charge in [-0.3, -0.25) is 0 Å². The van der Waals surface area contributed by atoms with E-state index in [2.05, 4.69) is 32.4 Å². The molecule has 0 amide bonds. The first-order valence-corrected chi connectivity index (χ1v) is 13.6. The molecule has 3 aliphatic rings. The smallest absolute Gasteiger partial charge is 0.356 e. The Morgan fingerprint density at radius 2 is 1.95 bits per heavy atom. The molecule has 2 unspecified atom stereocenters. The SMILES string of the molecule is O=C(O)c1cc2ccc(N3CCC4(/C=C/c5c(-c6c(Cl)cccc6Cl)noc5C5CC5)CC4C3)cc2nn1. The van der Waals surface area contributed by atoms with Gasteiger partial charge in [0, 0.05) is 41.2 Å². The van der Waals surface area contributed by atoms with Gasteiger partial charge < -0.3 is 14.5 Å². The molecule has 7 nitrogen and oxygen atoms in total. The summed E-state index contributed by atoms with van der Waals surface area (Å²) >= 11 is 13.1. The van der Waals surface area contributed by atoms with E-state index >= 15 is 0 Å². The van der Waals surface area contributed by atoms with Crippen LogP contribution in [0, 0.1) is 11.3 Å². The molecule has 1 N–H and O–H groups in total. The van der Waals surface area contributed by atoms with Gasteiger partial charge in [-0.1, -0.05) is 52.6 Å². The highest BCUT2D eigenvalue weighted by Crippen LogP contribution is 2.60. The van der Waals surface area contributed by atoms with Gasteiger partial charge in [-0.05, 0) is 67.3 Å². The topological polar surface area (TPSA) is 92.3 Å². The molecular formula is C29H24Cl2N4O3. The number of piperidine rings is 1. The maximum atomic E-state index is 11.2. The number of nitrogens with zero attached hydrogens (tertiary/aromatic N) is 4. The molecule has 2 aromatic heterocycles. The summed E-state index contributed by atoms with van der Waals surface area (Å²) in [4.78, 5) is 13.6. The standard InChI is InChI=1S/C29H24Cl2N4O3/c30-21-2-1-3-22(31)25(21)26-20(27(38-34-26)16-4-5-16)8-9-29-10-11-35(15-18(29)14-29)19-7-6-17-12-24(28(36)37)33-32-23(17)13-19/h1-3,6-9,12-13,16,18H,4-5,10-11,14-15H2,(H,36,37)/b9-8+. The van der Waals surface area contributed by atoms with Crippen molar-refractivity contribution in [1.82, 2.24) is 15.4 Å². The summed E-state index contributed by atoms with van der Waals surface area (Å²) in [5.41, 5.74) is 4.35. The van der Waals surface area contributed by atoms with E-state index in [1.54, 1.807) is 6.07 Å². The lowest BCUT2D eigenvalue weighted by molar-refractivity contribution is 0.0689. The maximum Gasteiger partial charge on any atom is 0.356 e. The van der Waals surface area contributed by atoms with Gasteiger partial charge in [-0.2, -0.15) is 0 Å². The molecule has 2 aromatic carbocycles. The first-order valence-electron chi connectivity index (χ1n) is 12.8. The second-order valence-corrected chi connectivity index (χ2v) is 11.4. The number of carbonyl (C=O) groups is 1. The van der Waals surface area contributed by atoms with Gasteiger partial charge in [0.05, 0.1) is 15.6 Å². The van der Waals surface area contributed by atoms with Crippen LogP contribution in [0.15, 0.2) is 53.1 Å². The Balaban J connectivity index is 1.12. The summed E-state index contributed by atoms with van der Waals surface area (Å²) in [6, 6.07) is 13.0. The fourth-order valence-corrected chi connectivity index (χ4v) is 6.34. The molecule has 0 radical (unpaired) electrons.